The molecule has 15 rings (SSSR count). The maximum atomic E-state index is 7.65. The first-order valence-electron chi connectivity index (χ1n) is 34.2. The standard InChI is InChI=1S/C85H79N5O10/c1-83(2)99-74-71(58-95-85(67-47-27-10-28-48-67,68-49-29-11-30-50-68)69-51-31-12-32-52-69)96-80(76(74)100-83)90-79-72(78(86-59-87-79)89-84(64-41-21-7-22-42-64,65-43-23-8-24-44-65)66-45-25-9-26-46-66)88-82(90)98-81-77(94-56-63-39-19-6-20-40-63)75(93-55-62-37-17-5-18-38-62)73(92-54-61-35-15-4-16-36-61)70(97-81)57-91-53-60-33-13-3-14-34-60/h3-52,59,70-71,73-77,80-81H,53-58H2,1-2H3,(H,86,87,89)/t70-,71-,73-,74-,75+,76-,77+,80-,81-/m1/s1. The lowest BCUT2D eigenvalue weighted by molar-refractivity contribution is -0.311. The summed E-state index contributed by atoms with van der Waals surface area (Å²) < 4.78 is 74.6. The molecule has 3 aliphatic rings. The summed E-state index contributed by atoms with van der Waals surface area (Å²) in [6.45, 7) is 4.87. The Labute approximate surface area is 583 Å². The maximum absolute atomic E-state index is 7.65. The van der Waals surface area contributed by atoms with Crippen molar-refractivity contribution in [2.24, 2.45) is 0 Å². The van der Waals surface area contributed by atoms with Crippen molar-refractivity contribution in [1.82, 2.24) is 19.5 Å². The molecule has 15 nitrogen and oxygen atoms in total. The number of rotatable bonds is 27. The third-order valence-electron chi connectivity index (χ3n) is 18.8. The molecule has 0 bridgehead atoms. The van der Waals surface area contributed by atoms with E-state index in [1.54, 1.807) is 6.33 Å². The van der Waals surface area contributed by atoms with Gasteiger partial charge in [0.2, 0.25) is 6.29 Å². The van der Waals surface area contributed by atoms with Gasteiger partial charge in [-0.3, -0.25) is 0 Å². The lowest BCUT2D eigenvalue weighted by atomic mass is 9.77. The van der Waals surface area contributed by atoms with Crippen molar-refractivity contribution in [2.75, 3.05) is 18.5 Å². The largest absolute Gasteiger partial charge is 0.432 e. The fourth-order valence-corrected chi connectivity index (χ4v) is 14.2. The highest BCUT2D eigenvalue weighted by Crippen LogP contribution is 2.49. The van der Waals surface area contributed by atoms with E-state index in [1.165, 1.54) is 0 Å². The van der Waals surface area contributed by atoms with E-state index in [0.29, 0.717) is 23.6 Å². The van der Waals surface area contributed by atoms with Crippen LogP contribution in [0.1, 0.15) is 75.7 Å². The lowest BCUT2D eigenvalue weighted by Gasteiger charge is -2.45. The van der Waals surface area contributed by atoms with Crippen LogP contribution in [0.15, 0.2) is 310 Å². The minimum absolute atomic E-state index is 0.0464. The molecule has 3 saturated heterocycles. The number of nitrogens with zero attached hydrogens (tertiary/aromatic N) is 4. The van der Waals surface area contributed by atoms with Gasteiger partial charge in [0.05, 0.1) is 39.6 Å². The van der Waals surface area contributed by atoms with Gasteiger partial charge in [-0.2, -0.15) is 4.98 Å². The molecule has 12 aromatic rings. The Bertz CT molecular complexity index is 4330. The van der Waals surface area contributed by atoms with Gasteiger partial charge >= 0.3 is 6.01 Å². The number of fused-ring (bicyclic) bond motifs is 2. The minimum atomic E-state index is -1.28. The summed E-state index contributed by atoms with van der Waals surface area (Å²) in [5.41, 5.74) is 8.09. The minimum Gasteiger partial charge on any atom is -0.432 e. The van der Waals surface area contributed by atoms with Gasteiger partial charge in [0, 0.05) is 0 Å². The molecule has 0 amide bonds. The highest BCUT2D eigenvalue weighted by Gasteiger charge is 2.58. The van der Waals surface area contributed by atoms with Gasteiger partial charge in [0.25, 0.3) is 0 Å². The summed E-state index contributed by atoms with van der Waals surface area (Å²) in [5.74, 6) is -0.687. The number of ether oxygens (including phenoxy) is 10. The van der Waals surface area contributed by atoms with Crippen molar-refractivity contribution < 1.29 is 47.4 Å². The van der Waals surface area contributed by atoms with Crippen LogP contribution in [-0.2, 0) is 80.2 Å². The smallest absolute Gasteiger partial charge is 0.303 e. The van der Waals surface area contributed by atoms with Crippen molar-refractivity contribution >= 4 is 17.0 Å². The molecule has 2 aromatic heterocycles. The second kappa shape index (κ2) is 30.2. The van der Waals surface area contributed by atoms with Crippen molar-refractivity contribution in [3.05, 3.63) is 365 Å². The van der Waals surface area contributed by atoms with Crippen LogP contribution in [0.3, 0.4) is 0 Å². The van der Waals surface area contributed by atoms with Crippen molar-refractivity contribution in [1.29, 1.82) is 0 Å². The third kappa shape index (κ3) is 14.0. The number of aromatic nitrogens is 4. The van der Waals surface area contributed by atoms with Crippen LogP contribution in [0.25, 0.3) is 11.2 Å². The van der Waals surface area contributed by atoms with E-state index >= 15 is 0 Å². The van der Waals surface area contributed by atoms with E-state index < -0.39 is 72.2 Å². The zero-order valence-corrected chi connectivity index (χ0v) is 55.8. The van der Waals surface area contributed by atoms with E-state index in [1.807, 2.05) is 249 Å². The van der Waals surface area contributed by atoms with Crippen LogP contribution in [0.4, 0.5) is 5.82 Å². The van der Waals surface area contributed by atoms with Crippen LogP contribution in [-0.4, -0.2) is 87.5 Å². The summed E-state index contributed by atoms with van der Waals surface area (Å²) >= 11 is 0. The fraction of sp³-hybridized carbons (Fsp3) is 0.235. The van der Waals surface area contributed by atoms with Crippen molar-refractivity contribution in [3.8, 4) is 6.01 Å². The summed E-state index contributed by atoms with van der Waals surface area (Å²) in [4.78, 5) is 15.9. The van der Waals surface area contributed by atoms with Crippen LogP contribution >= 0.6 is 0 Å². The van der Waals surface area contributed by atoms with E-state index in [0.717, 1.165) is 55.6 Å². The van der Waals surface area contributed by atoms with Crippen molar-refractivity contribution in [2.45, 2.75) is 112 Å². The molecule has 504 valence electrons. The third-order valence-corrected chi connectivity index (χ3v) is 18.8. The first kappa shape index (κ1) is 65.9. The Morgan fingerprint density at radius 2 is 0.820 bits per heavy atom. The molecule has 0 aliphatic carbocycles. The van der Waals surface area contributed by atoms with E-state index in [-0.39, 0.29) is 39.0 Å². The number of benzene rings is 10. The highest BCUT2D eigenvalue weighted by molar-refractivity contribution is 5.85. The van der Waals surface area contributed by atoms with Gasteiger partial charge in [0.15, 0.2) is 29.0 Å². The Morgan fingerprint density at radius 1 is 0.420 bits per heavy atom. The van der Waals surface area contributed by atoms with Gasteiger partial charge in [-0.05, 0) is 69.5 Å². The molecule has 0 spiro atoms. The average Bonchev–Trinajstić information content (AvgIpc) is 1.38. The van der Waals surface area contributed by atoms with Crippen LogP contribution in [0.2, 0.25) is 0 Å². The summed E-state index contributed by atoms with van der Waals surface area (Å²) in [6, 6.07) is 102. The molecule has 1 N–H and O–H groups in total. The predicted octanol–water partition coefficient (Wildman–Crippen LogP) is 15.7. The zero-order chi connectivity index (χ0) is 67.6. The molecular weight excluding hydrogens is 1250 g/mol. The summed E-state index contributed by atoms with van der Waals surface area (Å²) in [5, 5.41) is 4.03. The lowest BCUT2D eigenvalue weighted by Crippen LogP contribution is -2.62. The Hall–Kier alpha value is -10.0. The van der Waals surface area contributed by atoms with Gasteiger partial charge in [-0.25, -0.2) is 14.5 Å². The van der Waals surface area contributed by atoms with Crippen LogP contribution < -0.4 is 10.1 Å². The van der Waals surface area contributed by atoms with E-state index in [9.17, 15) is 0 Å². The molecule has 5 heterocycles. The fourth-order valence-electron chi connectivity index (χ4n) is 14.2. The Morgan fingerprint density at radius 3 is 1.28 bits per heavy atom. The molecule has 15 heteroatoms. The van der Waals surface area contributed by atoms with Crippen LogP contribution in [0, 0.1) is 0 Å². The topological polar surface area (TPSA) is 148 Å². The Kier molecular flexibility index (Phi) is 19.9. The first-order valence-corrected chi connectivity index (χ1v) is 34.2. The predicted molar refractivity (Wildman–Crippen MR) is 381 cm³/mol. The maximum Gasteiger partial charge on any atom is 0.303 e. The number of hydrogen-bond acceptors (Lipinski definition) is 14. The zero-order valence-electron chi connectivity index (χ0n) is 55.8. The van der Waals surface area contributed by atoms with Gasteiger partial charge in [0.1, 0.15) is 60.2 Å². The number of nitrogens with one attached hydrogen (secondary N) is 1. The normalized spacial score (nSPS) is 21.2. The van der Waals surface area contributed by atoms with Crippen LogP contribution in [0.5, 0.6) is 6.01 Å². The van der Waals surface area contributed by atoms with Gasteiger partial charge < -0.3 is 52.7 Å². The average molecular weight is 1330 g/mol. The second-order valence-corrected chi connectivity index (χ2v) is 25.8. The van der Waals surface area contributed by atoms with E-state index in [2.05, 4.69) is 78.1 Å². The van der Waals surface area contributed by atoms with E-state index in [4.69, 9.17) is 62.3 Å². The Balaban J connectivity index is 0.894. The molecule has 3 aliphatic heterocycles. The molecule has 10 aromatic carbocycles. The monoisotopic (exact) mass is 1330 g/mol. The highest BCUT2D eigenvalue weighted by atomic mass is 16.8. The molecule has 3 fully saturated rings. The van der Waals surface area contributed by atoms with Gasteiger partial charge in [-0.1, -0.05) is 303 Å². The SMILES string of the molecule is CC1(C)O[C@@H]2[C@H](O1)[C@@H](COC(c1ccccc1)(c1ccccc1)c1ccccc1)O[C@H]2n1c(O[C@H]2O[C@H](COCc3ccccc3)[C@@H](OCc3ccccc3)[C@H](OCc3ccccc3)[C@@H]2OCc2ccccc2)nc2c(NC(c3ccccc3)(c3ccccc3)c3ccccc3)ncnc21. The summed E-state index contributed by atoms with van der Waals surface area (Å²) in [6.07, 6.45) is -6.44. The molecule has 0 unspecified atom stereocenters. The number of imidazole rings is 1. The second-order valence-electron chi connectivity index (χ2n) is 25.8. The number of hydrogen-bond donors (Lipinski definition) is 1. The molecular formula is C85H79N5O10. The molecule has 9 atom stereocenters. The molecule has 100 heavy (non-hydrogen) atoms. The van der Waals surface area contributed by atoms with Crippen molar-refractivity contribution in [3.63, 3.8) is 0 Å². The number of anilines is 1. The van der Waals surface area contributed by atoms with Gasteiger partial charge in [-0.15, -0.1) is 0 Å². The molecule has 0 saturated carbocycles. The quantitative estimate of drug-likeness (QED) is 0.0487. The summed E-state index contributed by atoms with van der Waals surface area (Å²) in [7, 11) is 0. The molecule has 0 radical (unpaired) electrons. The first-order chi connectivity index (χ1) is 49.3.